The fourth-order valence-corrected chi connectivity index (χ4v) is 2.82. The second-order valence-electron chi connectivity index (χ2n) is 4.00. The molecule has 1 aliphatic rings. The quantitative estimate of drug-likeness (QED) is 0.864. The Morgan fingerprint density at radius 3 is 3.25 bits per heavy atom. The SMILES string of the molecule is Nc1nc(CC2CCCO2)nc2sccc12. The monoisotopic (exact) mass is 235 g/mol. The molecule has 2 aromatic heterocycles. The van der Waals surface area contributed by atoms with Crippen molar-refractivity contribution >= 4 is 27.4 Å². The van der Waals surface area contributed by atoms with Gasteiger partial charge < -0.3 is 10.5 Å². The molecule has 0 bridgehead atoms. The summed E-state index contributed by atoms with van der Waals surface area (Å²) in [7, 11) is 0. The number of fused-ring (bicyclic) bond motifs is 1. The van der Waals surface area contributed by atoms with Gasteiger partial charge in [-0.3, -0.25) is 0 Å². The third kappa shape index (κ3) is 1.76. The van der Waals surface area contributed by atoms with E-state index in [0.29, 0.717) is 5.82 Å². The molecular weight excluding hydrogens is 222 g/mol. The van der Waals surface area contributed by atoms with E-state index < -0.39 is 0 Å². The number of aromatic nitrogens is 2. The van der Waals surface area contributed by atoms with Crippen LogP contribution in [0.5, 0.6) is 0 Å². The van der Waals surface area contributed by atoms with Gasteiger partial charge in [-0.05, 0) is 24.3 Å². The third-order valence-corrected chi connectivity index (χ3v) is 3.64. The van der Waals surface area contributed by atoms with Crippen molar-refractivity contribution in [3.8, 4) is 0 Å². The van der Waals surface area contributed by atoms with Crippen LogP contribution in [0.15, 0.2) is 11.4 Å². The van der Waals surface area contributed by atoms with Crippen molar-refractivity contribution in [3.63, 3.8) is 0 Å². The summed E-state index contributed by atoms with van der Waals surface area (Å²) < 4.78 is 5.57. The molecule has 3 heterocycles. The van der Waals surface area contributed by atoms with E-state index in [1.165, 1.54) is 0 Å². The van der Waals surface area contributed by atoms with Crippen LogP contribution in [0.2, 0.25) is 0 Å². The minimum Gasteiger partial charge on any atom is -0.383 e. The number of ether oxygens (including phenoxy) is 1. The summed E-state index contributed by atoms with van der Waals surface area (Å²) in [5.41, 5.74) is 5.89. The summed E-state index contributed by atoms with van der Waals surface area (Å²) in [6.07, 6.45) is 3.29. The molecule has 2 aromatic rings. The van der Waals surface area contributed by atoms with Gasteiger partial charge in [-0.25, -0.2) is 9.97 Å². The van der Waals surface area contributed by atoms with Crippen molar-refractivity contribution in [2.24, 2.45) is 0 Å². The van der Waals surface area contributed by atoms with E-state index in [1.54, 1.807) is 11.3 Å². The Morgan fingerprint density at radius 1 is 1.50 bits per heavy atom. The number of rotatable bonds is 2. The molecule has 0 amide bonds. The van der Waals surface area contributed by atoms with Crippen molar-refractivity contribution in [2.45, 2.75) is 25.4 Å². The van der Waals surface area contributed by atoms with Crippen molar-refractivity contribution in [2.75, 3.05) is 12.3 Å². The van der Waals surface area contributed by atoms with Crippen molar-refractivity contribution in [1.82, 2.24) is 9.97 Å². The van der Waals surface area contributed by atoms with Crippen molar-refractivity contribution < 1.29 is 4.74 Å². The number of anilines is 1. The van der Waals surface area contributed by atoms with E-state index in [9.17, 15) is 0 Å². The first-order valence-corrected chi connectivity index (χ1v) is 6.32. The minimum atomic E-state index is 0.275. The average Bonchev–Trinajstić information content (AvgIpc) is 2.87. The highest BCUT2D eigenvalue weighted by Gasteiger charge is 2.18. The van der Waals surface area contributed by atoms with E-state index >= 15 is 0 Å². The Hall–Kier alpha value is -1.20. The van der Waals surface area contributed by atoms with Gasteiger partial charge in [0.05, 0.1) is 11.5 Å². The van der Waals surface area contributed by atoms with Gasteiger partial charge in [-0.2, -0.15) is 0 Å². The summed E-state index contributed by atoms with van der Waals surface area (Å²) in [6.45, 7) is 0.862. The molecule has 3 rings (SSSR count). The largest absolute Gasteiger partial charge is 0.383 e. The number of nitrogen functional groups attached to an aromatic ring is 1. The van der Waals surface area contributed by atoms with Crippen LogP contribution in [-0.4, -0.2) is 22.7 Å². The van der Waals surface area contributed by atoms with Crippen LogP contribution >= 0.6 is 11.3 Å². The summed E-state index contributed by atoms with van der Waals surface area (Å²) in [5, 5.41) is 2.95. The predicted octanol–water partition coefficient (Wildman–Crippen LogP) is 1.99. The second kappa shape index (κ2) is 3.99. The molecule has 4 nitrogen and oxygen atoms in total. The van der Waals surface area contributed by atoms with Gasteiger partial charge in [0.15, 0.2) is 0 Å². The van der Waals surface area contributed by atoms with Gasteiger partial charge >= 0.3 is 0 Å². The Bertz CT molecular complexity index is 505. The van der Waals surface area contributed by atoms with E-state index in [0.717, 1.165) is 41.9 Å². The van der Waals surface area contributed by atoms with Crippen LogP contribution in [0.4, 0.5) is 5.82 Å². The lowest BCUT2D eigenvalue weighted by atomic mass is 10.2. The maximum atomic E-state index is 5.89. The first-order chi connectivity index (χ1) is 7.83. The van der Waals surface area contributed by atoms with Crippen LogP contribution in [0, 0.1) is 0 Å². The molecule has 0 aromatic carbocycles. The Balaban J connectivity index is 1.91. The van der Waals surface area contributed by atoms with Crippen molar-refractivity contribution in [1.29, 1.82) is 0 Å². The molecule has 2 N–H and O–H groups in total. The third-order valence-electron chi connectivity index (χ3n) is 2.84. The normalized spacial score (nSPS) is 20.6. The number of hydrogen-bond acceptors (Lipinski definition) is 5. The number of nitrogens with zero attached hydrogens (tertiary/aromatic N) is 2. The molecule has 0 saturated carbocycles. The zero-order valence-corrected chi connectivity index (χ0v) is 9.67. The summed E-state index contributed by atoms with van der Waals surface area (Å²) in [4.78, 5) is 9.81. The lowest BCUT2D eigenvalue weighted by molar-refractivity contribution is 0.110. The maximum Gasteiger partial charge on any atom is 0.135 e. The second-order valence-corrected chi connectivity index (χ2v) is 4.90. The molecule has 1 aliphatic heterocycles. The summed E-state index contributed by atoms with van der Waals surface area (Å²) >= 11 is 1.60. The first-order valence-electron chi connectivity index (χ1n) is 5.44. The molecule has 0 spiro atoms. The van der Waals surface area contributed by atoms with Crippen LogP contribution < -0.4 is 5.73 Å². The maximum absolute atomic E-state index is 5.89. The van der Waals surface area contributed by atoms with E-state index in [4.69, 9.17) is 10.5 Å². The minimum absolute atomic E-state index is 0.275. The predicted molar refractivity (Wildman–Crippen MR) is 64.5 cm³/mol. The molecular formula is C11H13N3OS. The standard InChI is InChI=1S/C11H13N3OS/c12-10-8-3-5-16-11(8)14-9(13-10)6-7-2-1-4-15-7/h3,5,7H,1-2,4,6H2,(H2,12,13,14). The smallest absolute Gasteiger partial charge is 0.135 e. The van der Waals surface area contributed by atoms with Gasteiger partial charge in [0.2, 0.25) is 0 Å². The molecule has 1 atom stereocenters. The van der Waals surface area contributed by atoms with Crippen LogP contribution in [0.3, 0.4) is 0 Å². The zero-order chi connectivity index (χ0) is 11.0. The highest BCUT2D eigenvalue weighted by Crippen LogP contribution is 2.24. The average molecular weight is 235 g/mol. The van der Waals surface area contributed by atoms with Crippen LogP contribution in [-0.2, 0) is 11.2 Å². The number of nitrogens with two attached hydrogens (primary N) is 1. The molecule has 1 fully saturated rings. The molecule has 5 heteroatoms. The van der Waals surface area contributed by atoms with Gasteiger partial charge in [0.1, 0.15) is 16.5 Å². The topological polar surface area (TPSA) is 61.0 Å². The molecule has 0 aliphatic carbocycles. The molecule has 1 unspecified atom stereocenters. The Morgan fingerprint density at radius 2 is 2.44 bits per heavy atom. The van der Waals surface area contributed by atoms with E-state index in [1.807, 2.05) is 11.4 Å². The fourth-order valence-electron chi connectivity index (χ4n) is 2.02. The number of hydrogen-bond donors (Lipinski definition) is 1. The summed E-state index contributed by atoms with van der Waals surface area (Å²) in [5.74, 6) is 1.39. The van der Waals surface area contributed by atoms with Gasteiger partial charge in [0.25, 0.3) is 0 Å². The molecule has 84 valence electrons. The van der Waals surface area contributed by atoms with Crippen LogP contribution in [0.25, 0.3) is 10.2 Å². The fraction of sp³-hybridized carbons (Fsp3) is 0.455. The van der Waals surface area contributed by atoms with Gasteiger partial charge in [-0.15, -0.1) is 11.3 Å². The van der Waals surface area contributed by atoms with Crippen molar-refractivity contribution in [3.05, 3.63) is 17.3 Å². The van der Waals surface area contributed by atoms with E-state index in [-0.39, 0.29) is 6.10 Å². The highest BCUT2D eigenvalue weighted by molar-refractivity contribution is 7.16. The lowest BCUT2D eigenvalue weighted by Gasteiger charge is -2.08. The van der Waals surface area contributed by atoms with Gasteiger partial charge in [-0.1, -0.05) is 0 Å². The molecule has 1 saturated heterocycles. The lowest BCUT2D eigenvalue weighted by Crippen LogP contribution is -2.12. The van der Waals surface area contributed by atoms with E-state index in [2.05, 4.69) is 9.97 Å². The number of thiophene rings is 1. The highest BCUT2D eigenvalue weighted by atomic mass is 32.1. The summed E-state index contributed by atoms with van der Waals surface area (Å²) in [6, 6.07) is 1.96. The zero-order valence-electron chi connectivity index (χ0n) is 8.85. The van der Waals surface area contributed by atoms with Gasteiger partial charge in [0, 0.05) is 13.0 Å². The first kappa shape index (κ1) is 9.99. The Labute approximate surface area is 97.5 Å². The van der Waals surface area contributed by atoms with Crippen LogP contribution in [0.1, 0.15) is 18.7 Å². The molecule has 0 radical (unpaired) electrons. The molecule has 16 heavy (non-hydrogen) atoms. The Kier molecular flexibility index (Phi) is 2.49.